The van der Waals surface area contributed by atoms with Gasteiger partial charge < -0.3 is 9.52 Å². The van der Waals surface area contributed by atoms with Crippen LogP contribution >= 0.6 is 11.8 Å². The van der Waals surface area contributed by atoms with Crippen LogP contribution in [0, 0.1) is 10.1 Å². The van der Waals surface area contributed by atoms with Gasteiger partial charge in [-0.15, -0.1) is 0 Å². The van der Waals surface area contributed by atoms with Crippen molar-refractivity contribution in [3.05, 3.63) is 81.4 Å². The molecule has 1 N–H and O–H groups in total. The Labute approximate surface area is 168 Å². The topological polar surface area (TPSA) is 114 Å². The average Bonchev–Trinajstić information content (AvgIpc) is 3.28. The Kier molecular flexibility index (Phi) is 4.65. The first-order valence-corrected chi connectivity index (χ1v) is 9.16. The van der Waals surface area contributed by atoms with E-state index in [4.69, 9.17) is 4.42 Å². The van der Waals surface area contributed by atoms with E-state index in [0.717, 1.165) is 16.7 Å². The molecule has 1 aliphatic heterocycles. The van der Waals surface area contributed by atoms with E-state index < -0.39 is 16.1 Å². The molecule has 144 valence electrons. The maximum atomic E-state index is 12.6. The zero-order chi connectivity index (χ0) is 20.5. The largest absolute Gasteiger partial charge is 0.508 e. The van der Waals surface area contributed by atoms with Gasteiger partial charge >= 0.3 is 0 Å². The lowest BCUT2D eigenvalue weighted by atomic mass is 10.1. The van der Waals surface area contributed by atoms with Crippen LogP contribution in [0.25, 0.3) is 17.4 Å². The van der Waals surface area contributed by atoms with Crippen molar-refractivity contribution in [2.24, 2.45) is 0 Å². The Morgan fingerprint density at radius 2 is 1.69 bits per heavy atom. The Bertz CT molecular complexity index is 1150. The van der Waals surface area contributed by atoms with Crippen LogP contribution in [0.4, 0.5) is 16.2 Å². The van der Waals surface area contributed by atoms with Crippen molar-refractivity contribution in [1.29, 1.82) is 0 Å². The number of imide groups is 1. The van der Waals surface area contributed by atoms with E-state index in [1.807, 2.05) is 0 Å². The summed E-state index contributed by atoms with van der Waals surface area (Å²) in [4.78, 5) is 36.4. The fourth-order valence-electron chi connectivity index (χ4n) is 2.75. The Morgan fingerprint density at radius 3 is 2.34 bits per heavy atom. The summed E-state index contributed by atoms with van der Waals surface area (Å²) in [6, 6.07) is 15.0. The Morgan fingerprint density at radius 1 is 1.00 bits per heavy atom. The average molecular weight is 408 g/mol. The molecule has 2 aromatic carbocycles. The molecule has 1 saturated heterocycles. The Hall–Kier alpha value is -3.85. The lowest BCUT2D eigenvalue weighted by molar-refractivity contribution is -0.384. The number of carbonyl (C=O) groups is 2. The number of amides is 2. The lowest BCUT2D eigenvalue weighted by Crippen LogP contribution is -2.27. The molecule has 2 heterocycles. The molecule has 0 unspecified atom stereocenters. The van der Waals surface area contributed by atoms with Crippen molar-refractivity contribution < 1.29 is 24.0 Å². The van der Waals surface area contributed by atoms with Gasteiger partial charge in [-0.05, 0) is 60.3 Å². The lowest BCUT2D eigenvalue weighted by Gasteiger charge is -2.11. The molecule has 1 fully saturated rings. The first kappa shape index (κ1) is 18.5. The number of furan rings is 1. The number of hydrogen-bond donors (Lipinski definition) is 1. The molecule has 0 bridgehead atoms. The summed E-state index contributed by atoms with van der Waals surface area (Å²) in [5.41, 5.74) is 0.982. The minimum Gasteiger partial charge on any atom is -0.508 e. The molecule has 3 aromatic rings. The molecule has 0 saturated carbocycles. The van der Waals surface area contributed by atoms with Gasteiger partial charge in [-0.2, -0.15) is 0 Å². The minimum atomic E-state index is -0.487. The predicted octanol–water partition coefficient (Wildman–Crippen LogP) is 4.80. The van der Waals surface area contributed by atoms with E-state index in [1.165, 1.54) is 42.5 Å². The van der Waals surface area contributed by atoms with Crippen LogP contribution < -0.4 is 4.90 Å². The molecule has 29 heavy (non-hydrogen) atoms. The van der Waals surface area contributed by atoms with E-state index in [2.05, 4.69) is 0 Å². The summed E-state index contributed by atoms with van der Waals surface area (Å²) in [5, 5.41) is 19.7. The van der Waals surface area contributed by atoms with Crippen molar-refractivity contribution in [3.63, 3.8) is 0 Å². The molecular formula is C20H12N2O6S. The number of nitro groups is 1. The highest BCUT2D eigenvalue weighted by Gasteiger charge is 2.36. The number of benzene rings is 2. The van der Waals surface area contributed by atoms with Crippen molar-refractivity contribution in [2.75, 3.05) is 4.90 Å². The fourth-order valence-corrected chi connectivity index (χ4v) is 3.58. The van der Waals surface area contributed by atoms with Crippen molar-refractivity contribution in [1.82, 2.24) is 0 Å². The number of hydrogen-bond acceptors (Lipinski definition) is 7. The summed E-state index contributed by atoms with van der Waals surface area (Å²) >= 11 is 0.787. The number of non-ortho nitro benzene ring substituents is 1. The van der Waals surface area contributed by atoms with E-state index in [9.17, 15) is 24.8 Å². The third kappa shape index (κ3) is 3.63. The number of thioether (sulfide) groups is 1. The third-order valence-electron chi connectivity index (χ3n) is 4.16. The van der Waals surface area contributed by atoms with Gasteiger partial charge in [-0.1, -0.05) is 0 Å². The molecule has 8 nitrogen and oxygen atoms in total. The SMILES string of the molecule is O=C1S/C(=C/c2ccc(-c3ccc([N+](=O)[O-])cc3)o2)C(=O)N1c1ccc(O)cc1. The molecule has 1 aliphatic rings. The van der Waals surface area contributed by atoms with Gasteiger partial charge in [0.15, 0.2) is 0 Å². The number of carbonyl (C=O) groups excluding carboxylic acids is 2. The van der Waals surface area contributed by atoms with E-state index in [1.54, 1.807) is 24.3 Å². The predicted molar refractivity (Wildman–Crippen MR) is 107 cm³/mol. The molecule has 4 rings (SSSR count). The number of rotatable bonds is 4. The highest BCUT2D eigenvalue weighted by atomic mass is 32.2. The van der Waals surface area contributed by atoms with Gasteiger partial charge in [0.05, 0.1) is 15.5 Å². The quantitative estimate of drug-likeness (QED) is 0.375. The third-order valence-corrected chi connectivity index (χ3v) is 5.03. The standard InChI is InChI=1S/C20H12N2O6S/c23-15-7-5-13(6-8-15)21-19(24)18(29-20(21)25)11-16-9-10-17(28-16)12-1-3-14(4-2-12)22(26)27/h1-11,23H/b18-11+. The first-order chi connectivity index (χ1) is 13.9. The monoisotopic (exact) mass is 408 g/mol. The van der Waals surface area contributed by atoms with Crippen molar-refractivity contribution >= 4 is 40.4 Å². The first-order valence-electron chi connectivity index (χ1n) is 8.34. The van der Waals surface area contributed by atoms with E-state index in [0.29, 0.717) is 22.8 Å². The number of phenols is 1. The molecular weight excluding hydrogens is 396 g/mol. The minimum absolute atomic E-state index is 0.0246. The highest BCUT2D eigenvalue weighted by molar-refractivity contribution is 8.19. The maximum absolute atomic E-state index is 12.6. The molecule has 0 radical (unpaired) electrons. The van der Waals surface area contributed by atoms with Crippen LogP contribution in [0.15, 0.2) is 70.0 Å². The van der Waals surface area contributed by atoms with Gasteiger partial charge in [0.25, 0.3) is 16.8 Å². The van der Waals surface area contributed by atoms with Gasteiger partial charge in [0.1, 0.15) is 17.3 Å². The summed E-state index contributed by atoms with van der Waals surface area (Å²) < 4.78 is 5.70. The Balaban J connectivity index is 1.57. The van der Waals surface area contributed by atoms with E-state index >= 15 is 0 Å². The number of nitro benzene ring substituents is 1. The summed E-state index contributed by atoms with van der Waals surface area (Å²) in [6.45, 7) is 0. The van der Waals surface area contributed by atoms with Gasteiger partial charge in [0, 0.05) is 23.8 Å². The van der Waals surface area contributed by atoms with Crippen LogP contribution in [0.1, 0.15) is 5.76 Å². The number of nitrogens with zero attached hydrogens (tertiary/aromatic N) is 2. The molecule has 0 atom stereocenters. The van der Waals surface area contributed by atoms with Crippen molar-refractivity contribution in [2.45, 2.75) is 0 Å². The molecule has 9 heteroatoms. The van der Waals surface area contributed by atoms with Gasteiger partial charge in [0.2, 0.25) is 0 Å². The normalized spacial score (nSPS) is 15.3. The summed E-state index contributed by atoms with van der Waals surface area (Å²) in [5.74, 6) is 0.392. The zero-order valence-corrected chi connectivity index (χ0v) is 15.5. The smallest absolute Gasteiger partial charge is 0.298 e. The fraction of sp³-hybridized carbons (Fsp3) is 0. The van der Waals surface area contributed by atoms with Crippen LogP contribution in [0.5, 0.6) is 5.75 Å². The summed E-state index contributed by atoms with van der Waals surface area (Å²) in [7, 11) is 0. The molecule has 0 aliphatic carbocycles. The second-order valence-corrected chi connectivity index (χ2v) is 7.03. The molecule has 0 spiro atoms. The molecule has 1 aromatic heterocycles. The number of phenolic OH excluding ortho intramolecular Hbond substituents is 1. The second kappa shape index (κ2) is 7.28. The zero-order valence-electron chi connectivity index (χ0n) is 14.6. The highest BCUT2D eigenvalue weighted by Crippen LogP contribution is 2.36. The number of anilines is 1. The maximum Gasteiger partial charge on any atom is 0.298 e. The van der Waals surface area contributed by atoms with Crippen LogP contribution in [-0.2, 0) is 4.79 Å². The van der Waals surface area contributed by atoms with Crippen LogP contribution in [-0.4, -0.2) is 21.2 Å². The van der Waals surface area contributed by atoms with Gasteiger partial charge in [-0.3, -0.25) is 19.7 Å². The van der Waals surface area contributed by atoms with Crippen LogP contribution in [0.2, 0.25) is 0 Å². The van der Waals surface area contributed by atoms with E-state index in [-0.39, 0.29) is 16.3 Å². The summed E-state index contributed by atoms with van der Waals surface area (Å²) in [6.07, 6.45) is 1.47. The second-order valence-electron chi connectivity index (χ2n) is 6.04. The molecule has 2 amide bonds. The number of aromatic hydroxyl groups is 1. The van der Waals surface area contributed by atoms with Crippen molar-refractivity contribution in [3.8, 4) is 17.1 Å². The van der Waals surface area contributed by atoms with Gasteiger partial charge in [-0.25, -0.2) is 4.90 Å². The van der Waals surface area contributed by atoms with Crippen LogP contribution in [0.3, 0.4) is 0 Å².